The molecule has 0 aromatic heterocycles. The van der Waals surface area contributed by atoms with Gasteiger partial charge in [0.25, 0.3) is 0 Å². The lowest BCUT2D eigenvalue weighted by Crippen LogP contribution is -2.43. The molecule has 0 aliphatic carbocycles. The average molecular weight is 263 g/mol. The monoisotopic (exact) mass is 263 g/mol. The molecule has 0 bridgehead atoms. The first-order valence-electron chi connectivity index (χ1n) is 6.59. The summed E-state index contributed by atoms with van der Waals surface area (Å²) < 4.78 is 0. The van der Waals surface area contributed by atoms with Crippen molar-refractivity contribution in [3.8, 4) is 0 Å². The highest BCUT2D eigenvalue weighted by Crippen LogP contribution is 2.16. The number of hydrogen-bond donors (Lipinski definition) is 2. The molecule has 2 rings (SSSR count). The maximum Gasteiger partial charge on any atom is 0.240 e. The first kappa shape index (κ1) is 13.8. The molecule has 19 heavy (non-hydrogen) atoms. The number of rotatable bonds is 3. The lowest BCUT2D eigenvalue weighted by Gasteiger charge is -2.30. The van der Waals surface area contributed by atoms with Gasteiger partial charge in [0.15, 0.2) is 0 Å². The number of likely N-dealkylation sites (N-methyl/N-ethyl adjacent to an activating group) is 1. The van der Waals surface area contributed by atoms with Gasteiger partial charge in [-0.2, -0.15) is 0 Å². The molecule has 1 aliphatic rings. The number of anilines is 2. The van der Waals surface area contributed by atoms with Gasteiger partial charge in [-0.25, -0.2) is 0 Å². The minimum atomic E-state index is -0.207. The van der Waals surface area contributed by atoms with Gasteiger partial charge in [-0.3, -0.25) is 9.69 Å². The Labute approximate surface area is 113 Å². The predicted molar refractivity (Wildman–Crippen MR) is 75.9 cm³/mol. The molecule has 1 aliphatic heterocycles. The summed E-state index contributed by atoms with van der Waals surface area (Å²) in [6.07, 6.45) is 1.29. The molecular formula is C14H21N3O2. The molecule has 0 radical (unpaired) electrons. The molecular weight excluding hydrogens is 242 g/mol. The summed E-state index contributed by atoms with van der Waals surface area (Å²) in [6.45, 7) is 1.96. The van der Waals surface area contributed by atoms with Crippen LogP contribution in [0.1, 0.15) is 12.8 Å². The number of benzene rings is 1. The molecule has 0 unspecified atom stereocenters. The van der Waals surface area contributed by atoms with Gasteiger partial charge >= 0.3 is 0 Å². The average Bonchev–Trinajstić information content (AvgIpc) is 2.41. The summed E-state index contributed by atoms with van der Waals surface area (Å²) in [6, 6.07) is 7.26. The van der Waals surface area contributed by atoms with Gasteiger partial charge in [0.1, 0.15) is 0 Å². The van der Waals surface area contributed by atoms with E-state index in [0.717, 1.165) is 31.6 Å². The fourth-order valence-corrected chi connectivity index (χ4v) is 2.22. The second kappa shape index (κ2) is 6.04. The normalized spacial score (nSPS) is 17.4. The van der Waals surface area contributed by atoms with Crippen molar-refractivity contribution >= 4 is 17.3 Å². The Morgan fingerprint density at radius 2 is 1.95 bits per heavy atom. The fraction of sp³-hybridized carbons (Fsp3) is 0.500. The third-order valence-corrected chi connectivity index (χ3v) is 3.57. The minimum absolute atomic E-state index is 0.0566. The van der Waals surface area contributed by atoms with E-state index in [1.54, 1.807) is 24.1 Å². The number of nitrogens with zero attached hydrogens (tertiary/aromatic N) is 2. The Morgan fingerprint density at radius 3 is 2.53 bits per heavy atom. The van der Waals surface area contributed by atoms with Gasteiger partial charge in [0.2, 0.25) is 5.91 Å². The highest BCUT2D eigenvalue weighted by molar-refractivity contribution is 5.94. The summed E-state index contributed by atoms with van der Waals surface area (Å²) in [5, 5.41) is 9.44. The van der Waals surface area contributed by atoms with E-state index in [9.17, 15) is 9.90 Å². The van der Waals surface area contributed by atoms with E-state index >= 15 is 0 Å². The van der Waals surface area contributed by atoms with Crippen LogP contribution in [0.4, 0.5) is 11.4 Å². The Hall–Kier alpha value is -1.59. The predicted octanol–water partition coefficient (Wildman–Crippen LogP) is 0.688. The third kappa shape index (κ3) is 3.68. The van der Waals surface area contributed by atoms with E-state index in [4.69, 9.17) is 5.73 Å². The SMILES string of the molecule is CN(C(=O)CN1CCC(O)CC1)c1ccc(N)cc1. The zero-order valence-corrected chi connectivity index (χ0v) is 11.2. The fourth-order valence-electron chi connectivity index (χ4n) is 2.22. The van der Waals surface area contributed by atoms with Gasteiger partial charge in [0.05, 0.1) is 12.6 Å². The van der Waals surface area contributed by atoms with Crippen LogP contribution in [0.5, 0.6) is 0 Å². The quantitative estimate of drug-likeness (QED) is 0.787. The number of nitrogen functional groups attached to an aromatic ring is 1. The molecule has 1 aromatic rings. The second-order valence-corrected chi connectivity index (χ2v) is 5.05. The van der Waals surface area contributed by atoms with Crippen LogP contribution in [0.2, 0.25) is 0 Å². The highest BCUT2D eigenvalue weighted by atomic mass is 16.3. The topological polar surface area (TPSA) is 69.8 Å². The van der Waals surface area contributed by atoms with Crippen LogP contribution in [0.25, 0.3) is 0 Å². The zero-order valence-electron chi connectivity index (χ0n) is 11.2. The second-order valence-electron chi connectivity index (χ2n) is 5.05. The molecule has 1 amide bonds. The van der Waals surface area contributed by atoms with E-state index in [-0.39, 0.29) is 12.0 Å². The van der Waals surface area contributed by atoms with Crippen molar-refractivity contribution in [3.63, 3.8) is 0 Å². The number of carbonyl (C=O) groups excluding carboxylic acids is 1. The largest absolute Gasteiger partial charge is 0.399 e. The summed E-state index contributed by atoms with van der Waals surface area (Å²) in [5.74, 6) is 0.0566. The van der Waals surface area contributed by atoms with Crippen molar-refractivity contribution in [1.82, 2.24) is 4.90 Å². The van der Waals surface area contributed by atoms with Crippen molar-refractivity contribution < 1.29 is 9.90 Å². The number of aliphatic hydroxyl groups is 1. The number of amides is 1. The van der Waals surface area contributed by atoms with Gasteiger partial charge in [-0.1, -0.05) is 0 Å². The first-order valence-corrected chi connectivity index (χ1v) is 6.59. The van der Waals surface area contributed by atoms with E-state index in [2.05, 4.69) is 4.90 Å². The molecule has 5 heteroatoms. The molecule has 3 N–H and O–H groups in total. The standard InChI is InChI=1S/C14H21N3O2/c1-16(12-4-2-11(15)3-5-12)14(19)10-17-8-6-13(18)7-9-17/h2-5,13,18H,6-10,15H2,1H3. The van der Waals surface area contributed by atoms with Crippen LogP contribution in [0, 0.1) is 0 Å². The molecule has 0 saturated carbocycles. The number of piperidine rings is 1. The van der Waals surface area contributed by atoms with Crippen LogP contribution < -0.4 is 10.6 Å². The molecule has 5 nitrogen and oxygen atoms in total. The maximum absolute atomic E-state index is 12.2. The Morgan fingerprint density at radius 1 is 1.37 bits per heavy atom. The van der Waals surface area contributed by atoms with Crippen molar-refractivity contribution in [2.24, 2.45) is 0 Å². The van der Waals surface area contributed by atoms with Gasteiger partial charge in [-0.15, -0.1) is 0 Å². The highest BCUT2D eigenvalue weighted by Gasteiger charge is 2.20. The molecule has 1 fully saturated rings. The zero-order chi connectivity index (χ0) is 13.8. The number of carbonyl (C=O) groups is 1. The molecule has 1 saturated heterocycles. The Kier molecular flexibility index (Phi) is 4.39. The van der Waals surface area contributed by atoms with Gasteiger partial charge in [0, 0.05) is 31.5 Å². The van der Waals surface area contributed by atoms with E-state index in [0.29, 0.717) is 12.2 Å². The van der Waals surface area contributed by atoms with Crippen LogP contribution >= 0.6 is 0 Å². The summed E-state index contributed by atoms with van der Waals surface area (Å²) in [4.78, 5) is 15.9. The minimum Gasteiger partial charge on any atom is -0.399 e. The van der Waals surface area contributed by atoms with Gasteiger partial charge in [-0.05, 0) is 37.1 Å². The molecule has 1 heterocycles. The summed E-state index contributed by atoms with van der Waals surface area (Å²) >= 11 is 0. The third-order valence-electron chi connectivity index (χ3n) is 3.57. The van der Waals surface area contributed by atoms with Crippen molar-refractivity contribution in [2.45, 2.75) is 18.9 Å². The van der Waals surface area contributed by atoms with Crippen LogP contribution in [-0.2, 0) is 4.79 Å². The van der Waals surface area contributed by atoms with E-state index in [1.807, 2.05) is 12.1 Å². The first-order chi connectivity index (χ1) is 9.06. The number of aliphatic hydroxyl groups excluding tert-OH is 1. The van der Waals surface area contributed by atoms with Crippen LogP contribution in [0.3, 0.4) is 0 Å². The Balaban J connectivity index is 1.90. The lowest BCUT2D eigenvalue weighted by atomic mass is 10.1. The molecule has 1 aromatic carbocycles. The molecule has 0 spiro atoms. The summed E-state index contributed by atoms with van der Waals surface area (Å²) in [7, 11) is 1.77. The smallest absolute Gasteiger partial charge is 0.240 e. The maximum atomic E-state index is 12.2. The van der Waals surface area contributed by atoms with E-state index in [1.165, 1.54) is 0 Å². The number of likely N-dealkylation sites (tertiary alicyclic amines) is 1. The molecule has 0 atom stereocenters. The van der Waals surface area contributed by atoms with Gasteiger partial charge < -0.3 is 15.7 Å². The number of hydrogen-bond acceptors (Lipinski definition) is 4. The Bertz CT molecular complexity index is 425. The lowest BCUT2D eigenvalue weighted by molar-refractivity contribution is -0.120. The molecule has 104 valence electrons. The van der Waals surface area contributed by atoms with E-state index < -0.39 is 0 Å². The van der Waals surface area contributed by atoms with Crippen LogP contribution in [0.15, 0.2) is 24.3 Å². The summed E-state index contributed by atoms with van der Waals surface area (Å²) in [5.41, 5.74) is 7.16. The van der Waals surface area contributed by atoms with Crippen molar-refractivity contribution in [2.75, 3.05) is 37.3 Å². The van der Waals surface area contributed by atoms with Crippen molar-refractivity contribution in [1.29, 1.82) is 0 Å². The van der Waals surface area contributed by atoms with Crippen LogP contribution in [-0.4, -0.2) is 48.7 Å². The van der Waals surface area contributed by atoms with Crippen molar-refractivity contribution in [3.05, 3.63) is 24.3 Å². The number of nitrogens with two attached hydrogens (primary N) is 1.